The number of hydrogen-bond donors (Lipinski definition) is 0. The highest BCUT2D eigenvalue weighted by Crippen LogP contribution is 2.22. The smallest absolute Gasteiger partial charge is 0.0367 e. The third-order valence-electron chi connectivity index (χ3n) is 3.94. The van der Waals surface area contributed by atoms with Crippen molar-refractivity contribution < 1.29 is 0 Å². The number of hydrogen-bond acceptors (Lipinski definition) is 2. The number of nitrogens with zero attached hydrogens (tertiary/aromatic N) is 2. The average molecular weight is 232 g/mol. The molecule has 17 heavy (non-hydrogen) atoms. The highest BCUT2D eigenvalue weighted by molar-refractivity contribution is 5.48. The average Bonchev–Trinajstić information content (AvgIpc) is 2.39. The van der Waals surface area contributed by atoms with Crippen LogP contribution in [0.3, 0.4) is 0 Å². The van der Waals surface area contributed by atoms with Gasteiger partial charge >= 0.3 is 0 Å². The van der Waals surface area contributed by atoms with E-state index in [9.17, 15) is 0 Å². The summed E-state index contributed by atoms with van der Waals surface area (Å²) >= 11 is 0. The van der Waals surface area contributed by atoms with E-state index in [0.717, 1.165) is 13.1 Å². The number of anilines is 1. The Balaban J connectivity index is 2.02. The lowest BCUT2D eigenvalue weighted by atomic mass is 9.98. The van der Waals surface area contributed by atoms with E-state index in [1.165, 1.54) is 30.8 Å². The quantitative estimate of drug-likeness (QED) is 0.790. The van der Waals surface area contributed by atoms with Crippen LogP contribution in [0.25, 0.3) is 0 Å². The molecule has 0 saturated carbocycles. The van der Waals surface area contributed by atoms with E-state index in [-0.39, 0.29) is 0 Å². The normalized spacial score (nSPS) is 19.4. The molecule has 0 bridgehead atoms. The van der Waals surface area contributed by atoms with E-state index < -0.39 is 0 Å². The minimum absolute atomic E-state index is 0.677. The zero-order valence-corrected chi connectivity index (χ0v) is 11.3. The van der Waals surface area contributed by atoms with Gasteiger partial charge in [0.2, 0.25) is 0 Å². The summed E-state index contributed by atoms with van der Waals surface area (Å²) in [6.07, 6.45) is 1.22. The first-order valence-electron chi connectivity index (χ1n) is 6.74. The standard InChI is InChI=1S/C15H24N2/c1-4-13(2)14-5-7-15(8-6-14)17-11-9-16(3)10-12-17/h5-8,13H,4,9-12H2,1-3H3/t13-/m0/s1. The Morgan fingerprint density at radius 1 is 1.06 bits per heavy atom. The summed E-state index contributed by atoms with van der Waals surface area (Å²) < 4.78 is 0. The van der Waals surface area contributed by atoms with E-state index >= 15 is 0 Å². The van der Waals surface area contributed by atoms with Crippen molar-refractivity contribution in [3.63, 3.8) is 0 Å². The van der Waals surface area contributed by atoms with Gasteiger partial charge in [-0.3, -0.25) is 0 Å². The van der Waals surface area contributed by atoms with E-state index in [1.807, 2.05) is 0 Å². The van der Waals surface area contributed by atoms with Gasteiger partial charge < -0.3 is 9.80 Å². The predicted molar refractivity (Wildman–Crippen MR) is 74.9 cm³/mol. The van der Waals surface area contributed by atoms with Crippen LogP contribution in [-0.4, -0.2) is 38.1 Å². The van der Waals surface area contributed by atoms with Gasteiger partial charge in [0.1, 0.15) is 0 Å². The highest BCUT2D eigenvalue weighted by atomic mass is 15.2. The molecule has 1 aromatic rings. The van der Waals surface area contributed by atoms with Crippen molar-refractivity contribution in [3.8, 4) is 0 Å². The molecule has 0 N–H and O–H groups in total. The van der Waals surface area contributed by atoms with Crippen molar-refractivity contribution in [2.24, 2.45) is 0 Å². The van der Waals surface area contributed by atoms with Crippen LogP contribution in [0.1, 0.15) is 31.7 Å². The molecule has 2 nitrogen and oxygen atoms in total. The van der Waals surface area contributed by atoms with E-state index in [1.54, 1.807) is 0 Å². The van der Waals surface area contributed by atoms with Gasteiger partial charge in [0.05, 0.1) is 0 Å². The van der Waals surface area contributed by atoms with Gasteiger partial charge in [-0.2, -0.15) is 0 Å². The second kappa shape index (κ2) is 5.54. The molecule has 1 saturated heterocycles. The van der Waals surface area contributed by atoms with Gasteiger partial charge in [-0.15, -0.1) is 0 Å². The topological polar surface area (TPSA) is 6.48 Å². The molecule has 0 amide bonds. The molecule has 0 radical (unpaired) electrons. The van der Waals surface area contributed by atoms with Crippen molar-refractivity contribution in [3.05, 3.63) is 29.8 Å². The number of rotatable bonds is 3. The molecule has 2 heteroatoms. The molecule has 1 aliphatic rings. The fraction of sp³-hybridized carbons (Fsp3) is 0.600. The molecule has 1 heterocycles. The molecule has 2 rings (SSSR count). The Morgan fingerprint density at radius 3 is 2.18 bits per heavy atom. The summed E-state index contributed by atoms with van der Waals surface area (Å²) in [5.74, 6) is 0.677. The van der Waals surface area contributed by atoms with Crippen LogP contribution in [0.4, 0.5) is 5.69 Å². The molecule has 1 fully saturated rings. The Bertz CT molecular complexity index is 336. The number of benzene rings is 1. The maximum atomic E-state index is 2.49. The van der Waals surface area contributed by atoms with Crippen molar-refractivity contribution in [1.29, 1.82) is 0 Å². The van der Waals surface area contributed by atoms with Crippen molar-refractivity contribution in [2.45, 2.75) is 26.2 Å². The van der Waals surface area contributed by atoms with Crippen LogP contribution >= 0.6 is 0 Å². The van der Waals surface area contributed by atoms with Crippen LogP contribution in [0, 0.1) is 0 Å². The minimum atomic E-state index is 0.677. The van der Waals surface area contributed by atoms with Crippen molar-refractivity contribution >= 4 is 5.69 Å². The zero-order chi connectivity index (χ0) is 12.3. The van der Waals surface area contributed by atoms with Gasteiger partial charge in [-0.25, -0.2) is 0 Å². The third kappa shape index (κ3) is 3.01. The Labute approximate surface area is 105 Å². The molecule has 0 spiro atoms. The highest BCUT2D eigenvalue weighted by Gasteiger charge is 2.14. The van der Waals surface area contributed by atoms with Gasteiger partial charge in [0.25, 0.3) is 0 Å². The Hall–Kier alpha value is -1.02. The summed E-state index contributed by atoms with van der Waals surface area (Å²) in [4.78, 5) is 4.88. The molecule has 0 aliphatic carbocycles. The molecule has 1 aliphatic heterocycles. The van der Waals surface area contributed by atoms with Crippen LogP contribution in [0.5, 0.6) is 0 Å². The summed E-state index contributed by atoms with van der Waals surface area (Å²) in [7, 11) is 2.20. The molecule has 0 unspecified atom stereocenters. The lowest BCUT2D eigenvalue weighted by molar-refractivity contribution is 0.313. The van der Waals surface area contributed by atoms with Gasteiger partial charge in [0.15, 0.2) is 0 Å². The first kappa shape index (κ1) is 12.4. The fourth-order valence-corrected chi connectivity index (χ4v) is 2.31. The Morgan fingerprint density at radius 2 is 1.65 bits per heavy atom. The summed E-state index contributed by atoms with van der Waals surface area (Å²) in [6, 6.07) is 9.16. The molecule has 94 valence electrons. The zero-order valence-electron chi connectivity index (χ0n) is 11.3. The summed E-state index contributed by atoms with van der Waals surface area (Å²) in [5, 5.41) is 0. The maximum absolute atomic E-state index is 2.49. The van der Waals surface area contributed by atoms with Gasteiger partial charge in [0, 0.05) is 31.9 Å². The summed E-state index contributed by atoms with van der Waals surface area (Å²) in [6.45, 7) is 9.20. The largest absolute Gasteiger partial charge is 0.369 e. The molecular formula is C15H24N2. The number of piperazine rings is 1. The summed E-state index contributed by atoms with van der Waals surface area (Å²) in [5.41, 5.74) is 2.84. The Kier molecular flexibility index (Phi) is 4.06. The van der Waals surface area contributed by atoms with Crippen LogP contribution in [0.15, 0.2) is 24.3 Å². The predicted octanol–water partition coefficient (Wildman–Crippen LogP) is 2.95. The van der Waals surface area contributed by atoms with Crippen LogP contribution in [0.2, 0.25) is 0 Å². The van der Waals surface area contributed by atoms with Crippen LogP contribution in [-0.2, 0) is 0 Å². The molecule has 1 aromatic carbocycles. The lowest BCUT2D eigenvalue weighted by Gasteiger charge is -2.34. The van der Waals surface area contributed by atoms with E-state index in [0.29, 0.717) is 5.92 Å². The molecule has 1 atom stereocenters. The second-order valence-electron chi connectivity index (χ2n) is 5.19. The molecular weight excluding hydrogens is 208 g/mol. The second-order valence-corrected chi connectivity index (χ2v) is 5.19. The monoisotopic (exact) mass is 232 g/mol. The van der Waals surface area contributed by atoms with Crippen molar-refractivity contribution in [1.82, 2.24) is 4.90 Å². The van der Waals surface area contributed by atoms with Gasteiger partial charge in [-0.1, -0.05) is 26.0 Å². The fourth-order valence-electron chi connectivity index (χ4n) is 2.31. The third-order valence-corrected chi connectivity index (χ3v) is 3.94. The van der Waals surface area contributed by atoms with Gasteiger partial charge in [-0.05, 0) is 37.1 Å². The maximum Gasteiger partial charge on any atom is 0.0367 e. The van der Waals surface area contributed by atoms with E-state index in [2.05, 4.69) is 55.0 Å². The minimum Gasteiger partial charge on any atom is -0.369 e. The van der Waals surface area contributed by atoms with Crippen molar-refractivity contribution in [2.75, 3.05) is 38.1 Å². The first-order chi connectivity index (χ1) is 8.20. The SMILES string of the molecule is CC[C@H](C)c1ccc(N2CCN(C)CC2)cc1. The number of likely N-dealkylation sites (N-methyl/N-ethyl adjacent to an activating group) is 1. The lowest BCUT2D eigenvalue weighted by Crippen LogP contribution is -2.44. The molecule has 0 aromatic heterocycles. The first-order valence-corrected chi connectivity index (χ1v) is 6.74. The van der Waals surface area contributed by atoms with E-state index in [4.69, 9.17) is 0 Å². The van der Waals surface area contributed by atoms with Crippen LogP contribution < -0.4 is 4.90 Å².